The third kappa shape index (κ3) is 4.61. The molecular formula is C18H28N2O3. The molecule has 23 heavy (non-hydrogen) atoms. The van der Waals surface area contributed by atoms with Crippen LogP contribution in [-0.2, 0) is 4.79 Å². The van der Waals surface area contributed by atoms with Gasteiger partial charge in [-0.25, -0.2) is 0 Å². The van der Waals surface area contributed by atoms with E-state index in [1.54, 1.807) is 7.11 Å². The van der Waals surface area contributed by atoms with Crippen LogP contribution in [0.15, 0.2) is 18.2 Å². The number of nitrogens with two attached hydrogens (primary N) is 1. The van der Waals surface area contributed by atoms with Crippen molar-refractivity contribution in [3.63, 3.8) is 0 Å². The summed E-state index contributed by atoms with van der Waals surface area (Å²) in [5.41, 5.74) is 6.88. The van der Waals surface area contributed by atoms with Gasteiger partial charge >= 0.3 is 0 Å². The lowest BCUT2D eigenvalue weighted by molar-refractivity contribution is -0.125. The average Bonchev–Trinajstić information content (AvgIpc) is 2.93. The van der Waals surface area contributed by atoms with Gasteiger partial charge in [0.05, 0.1) is 19.3 Å². The van der Waals surface area contributed by atoms with E-state index in [4.69, 9.17) is 15.2 Å². The first kappa shape index (κ1) is 17.6. The van der Waals surface area contributed by atoms with E-state index in [0.717, 1.165) is 24.8 Å². The van der Waals surface area contributed by atoms with Crippen molar-refractivity contribution < 1.29 is 14.3 Å². The number of hydrogen-bond donors (Lipinski definition) is 2. The molecule has 1 saturated carbocycles. The van der Waals surface area contributed by atoms with E-state index >= 15 is 0 Å². The molecule has 1 aromatic carbocycles. The fourth-order valence-electron chi connectivity index (χ4n) is 2.97. The number of hydrogen-bond acceptors (Lipinski definition) is 4. The third-order valence-corrected chi connectivity index (χ3v) is 4.25. The quantitative estimate of drug-likeness (QED) is 0.845. The Labute approximate surface area is 138 Å². The summed E-state index contributed by atoms with van der Waals surface area (Å²) in [6, 6.07) is 5.85. The lowest BCUT2D eigenvalue weighted by atomic mass is 10.0. The van der Waals surface area contributed by atoms with Gasteiger partial charge < -0.3 is 20.5 Å². The van der Waals surface area contributed by atoms with Crippen molar-refractivity contribution in [1.82, 2.24) is 5.32 Å². The Balaban J connectivity index is 2.04. The smallest absolute Gasteiger partial charge is 0.223 e. The van der Waals surface area contributed by atoms with E-state index in [9.17, 15) is 4.79 Å². The van der Waals surface area contributed by atoms with Crippen LogP contribution in [0.1, 0.15) is 51.6 Å². The third-order valence-electron chi connectivity index (χ3n) is 4.25. The molecule has 5 heteroatoms. The molecule has 3 atom stereocenters. The van der Waals surface area contributed by atoms with Gasteiger partial charge in [-0.2, -0.15) is 0 Å². The Morgan fingerprint density at radius 3 is 2.57 bits per heavy atom. The Morgan fingerprint density at radius 1 is 1.26 bits per heavy atom. The zero-order valence-corrected chi connectivity index (χ0v) is 14.5. The van der Waals surface area contributed by atoms with Gasteiger partial charge in [-0.1, -0.05) is 6.07 Å². The van der Waals surface area contributed by atoms with Gasteiger partial charge in [-0.05, 0) is 57.7 Å². The van der Waals surface area contributed by atoms with Crippen LogP contribution < -0.4 is 20.5 Å². The van der Waals surface area contributed by atoms with E-state index in [0.29, 0.717) is 11.5 Å². The SMILES string of the molecule is COc1cc(C(C)NC(=O)C2CCC(N)C2)ccc1OC(C)C. The lowest BCUT2D eigenvalue weighted by Crippen LogP contribution is -2.32. The normalized spacial score (nSPS) is 22.0. The molecule has 128 valence electrons. The minimum absolute atomic E-state index is 0.0397. The van der Waals surface area contributed by atoms with Gasteiger partial charge in [0.25, 0.3) is 0 Å². The van der Waals surface area contributed by atoms with E-state index in [2.05, 4.69) is 5.32 Å². The number of ether oxygens (including phenoxy) is 2. The Hall–Kier alpha value is -1.75. The fourth-order valence-corrected chi connectivity index (χ4v) is 2.97. The van der Waals surface area contributed by atoms with Crippen LogP contribution in [0.3, 0.4) is 0 Å². The Kier molecular flexibility index (Phi) is 5.88. The van der Waals surface area contributed by atoms with Crippen LogP contribution in [0.5, 0.6) is 11.5 Å². The number of benzene rings is 1. The van der Waals surface area contributed by atoms with Crippen molar-refractivity contribution in [3.8, 4) is 11.5 Å². The van der Waals surface area contributed by atoms with Gasteiger partial charge in [0.2, 0.25) is 5.91 Å². The first-order valence-corrected chi connectivity index (χ1v) is 8.31. The second kappa shape index (κ2) is 7.68. The first-order valence-electron chi connectivity index (χ1n) is 8.31. The van der Waals surface area contributed by atoms with Crippen LogP contribution >= 0.6 is 0 Å². The molecular weight excluding hydrogens is 292 g/mol. The number of carbonyl (C=O) groups excluding carboxylic acids is 1. The van der Waals surface area contributed by atoms with E-state index in [1.165, 1.54) is 0 Å². The molecule has 0 heterocycles. The molecule has 1 fully saturated rings. The molecule has 2 rings (SSSR count). The number of amides is 1. The van der Waals surface area contributed by atoms with Gasteiger partial charge in [0.15, 0.2) is 11.5 Å². The van der Waals surface area contributed by atoms with Crippen molar-refractivity contribution in [2.24, 2.45) is 11.7 Å². The molecule has 0 saturated heterocycles. The highest BCUT2D eigenvalue weighted by atomic mass is 16.5. The van der Waals surface area contributed by atoms with Crippen LogP contribution in [0, 0.1) is 5.92 Å². The predicted octanol–water partition coefficient (Wildman–Crippen LogP) is 2.79. The van der Waals surface area contributed by atoms with Crippen molar-refractivity contribution in [2.75, 3.05) is 7.11 Å². The zero-order valence-electron chi connectivity index (χ0n) is 14.5. The van der Waals surface area contributed by atoms with Gasteiger partial charge in [-0.3, -0.25) is 4.79 Å². The monoisotopic (exact) mass is 320 g/mol. The topological polar surface area (TPSA) is 73.6 Å². The standard InChI is InChI=1S/C18H28N2O3/c1-11(2)23-16-8-6-13(10-17(16)22-4)12(3)20-18(21)14-5-7-15(19)9-14/h6,8,10-12,14-15H,5,7,9,19H2,1-4H3,(H,20,21). The Bertz CT molecular complexity index is 545. The van der Waals surface area contributed by atoms with Crippen LogP contribution in [0.25, 0.3) is 0 Å². The first-order chi connectivity index (χ1) is 10.9. The highest BCUT2D eigenvalue weighted by Crippen LogP contribution is 2.31. The largest absolute Gasteiger partial charge is 0.493 e. The fraction of sp³-hybridized carbons (Fsp3) is 0.611. The average molecular weight is 320 g/mol. The summed E-state index contributed by atoms with van der Waals surface area (Å²) in [7, 11) is 1.62. The zero-order chi connectivity index (χ0) is 17.0. The van der Waals surface area contributed by atoms with Crippen molar-refractivity contribution in [3.05, 3.63) is 23.8 Å². The van der Waals surface area contributed by atoms with E-state index < -0.39 is 0 Å². The van der Waals surface area contributed by atoms with Crippen LogP contribution in [-0.4, -0.2) is 25.2 Å². The molecule has 0 spiro atoms. The summed E-state index contributed by atoms with van der Waals surface area (Å²) >= 11 is 0. The number of carbonyl (C=O) groups is 1. The molecule has 1 aliphatic rings. The van der Waals surface area contributed by atoms with Crippen molar-refractivity contribution >= 4 is 5.91 Å². The number of rotatable bonds is 6. The maximum absolute atomic E-state index is 12.3. The maximum Gasteiger partial charge on any atom is 0.223 e. The highest BCUT2D eigenvalue weighted by Gasteiger charge is 2.28. The Morgan fingerprint density at radius 2 is 2.00 bits per heavy atom. The summed E-state index contributed by atoms with van der Waals surface area (Å²) in [6.07, 6.45) is 2.67. The van der Waals surface area contributed by atoms with Crippen molar-refractivity contribution in [2.45, 2.75) is 58.2 Å². The van der Waals surface area contributed by atoms with Crippen LogP contribution in [0.2, 0.25) is 0 Å². The molecule has 3 unspecified atom stereocenters. The minimum atomic E-state index is -0.0821. The second-order valence-electron chi connectivity index (χ2n) is 6.58. The van der Waals surface area contributed by atoms with E-state index in [-0.39, 0.29) is 30.0 Å². The second-order valence-corrected chi connectivity index (χ2v) is 6.58. The summed E-state index contributed by atoms with van der Waals surface area (Å²) in [5, 5.41) is 3.08. The predicted molar refractivity (Wildman–Crippen MR) is 90.6 cm³/mol. The van der Waals surface area contributed by atoms with E-state index in [1.807, 2.05) is 39.0 Å². The highest BCUT2D eigenvalue weighted by molar-refractivity contribution is 5.79. The molecule has 1 aromatic rings. The maximum atomic E-state index is 12.3. The van der Waals surface area contributed by atoms with Gasteiger partial charge in [0, 0.05) is 12.0 Å². The van der Waals surface area contributed by atoms with Gasteiger partial charge in [-0.15, -0.1) is 0 Å². The number of nitrogens with one attached hydrogen (secondary N) is 1. The molecule has 1 amide bonds. The summed E-state index contributed by atoms with van der Waals surface area (Å²) in [4.78, 5) is 12.3. The summed E-state index contributed by atoms with van der Waals surface area (Å²) in [6.45, 7) is 5.93. The molecule has 0 radical (unpaired) electrons. The van der Waals surface area contributed by atoms with Crippen molar-refractivity contribution in [1.29, 1.82) is 0 Å². The molecule has 0 aromatic heterocycles. The molecule has 3 N–H and O–H groups in total. The lowest BCUT2D eigenvalue weighted by Gasteiger charge is -2.20. The molecule has 5 nitrogen and oxygen atoms in total. The molecule has 0 bridgehead atoms. The molecule has 1 aliphatic carbocycles. The summed E-state index contributed by atoms with van der Waals surface area (Å²) < 4.78 is 11.1. The minimum Gasteiger partial charge on any atom is -0.493 e. The molecule has 0 aliphatic heterocycles. The summed E-state index contributed by atoms with van der Waals surface area (Å²) in [5.74, 6) is 1.52. The van der Waals surface area contributed by atoms with Gasteiger partial charge in [0.1, 0.15) is 0 Å². The number of methoxy groups -OCH3 is 1. The van der Waals surface area contributed by atoms with Crippen LogP contribution in [0.4, 0.5) is 0 Å².